The lowest BCUT2D eigenvalue weighted by atomic mass is 9.88. The molecular formula is C63H142N26O12. The number of carbonyl (C=O) groups is 6. The van der Waals surface area contributed by atoms with Gasteiger partial charge in [0.1, 0.15) is 5.78 Å². The molecule has 38 heteroatoms. The van der Waals surface area contributed by atoms with Crippen molar-refractivity contribution < 1.29 is 58.3 Å². The minimum absolute atomic E-state index is 0.101. The van der Waals surface area contributed by atoms with Gasteiger partial charge in [0.15, 0.2) is 0 Å². The molecule has 0 fully saturated rings. The summed E-state index contributed by atoms with van der Waals surface area (Å²) in [6.45, 7) is 14.7. The first-order valence-electron chi connectivity index (χ1n) is 36.2. The van der Waals surface area contributed by atoms with E-state index < -0.39 is 35.5 Å². The van der Waals surface area contributed by atoms with Crippen LogP contribution in [-0.4, -0.2) is 434 Å². The number of hydrogen-bond acceptors (Lipinski definition) is 33. The molecule has 0 aromatic rings. The highest BCUT2D eigenvalue weighted by Crippen LogP contribution is 2.25. The van der Waals surface area contributed by atoms with Crippen LogP contribution in [0.3, 0.4) is 0 Å². The summed E-state index contributed by atoms with van der Waals surface area (Å²) < 4.78 is 18.9. The number of nitrogens with two attached hydrogens (primary N) is 12. The van der Waals surface area contributed by atoms with E-state index in [4.69, 9.17) is 83.0 Å². The lowest BCUT2D eigenvalue weighted by Gasteiger charge is -2.34. The summed E-state index contributed by atoms with van der Waals surface area (Å²) in [6, 6.07) is 0. The van der Waals surface area contributed by atoms with Crippen LogP contribution in [-0.2, 0) is 43.0 Å². The minimum atomic E-state index is -1.24. The molecule has 0 aromatic heterocycles. The highest BCUT2D eigenvalue weighted by Gasteiger charge is 2.32. The molecular weight excluding hydrogens is 1310 g/mol. The van der Waals surface area contributed by atoms with E-state index in [1.807, 2.05) is 31.4 Å². The molecule has 101 heavy (non-hydrogen) atoms. The molecule has 596 valence electrons. The fraction of sp³-hybridized carbons (Fsp3) is 0.905. The van der Waals surface area contributed by atoms with Crippen LogP contribution in [0.1, 0.15) is 26.2 Å². The number of hydrogen-bond donors (Lipinski definition) is 20. The molecule has 5 amide bonds. The van der Waals surface area contributed by atoms with Crippen molar-refractivity contribution in [2.45, 2.75) is 44.5 Å². The molecule has 0 aliphatic carbocycles. The van der Waals surface area contributed by atoms with E-state index in [0.29, 0.717) is 209 Å². The molecule has 0 aliphatic heterocycles. The molecule has 0 saturated heterocycles. The lowest BCUT2D eigenvalue weighted by molar-refractivity contribution is -0.127. The van der Waals surface area contributed by atoms with Gasteiger partial charge in [-0.25, -0.2) is 0 Å². The van der Waals surface area contributed by atoms with Crippen LogP contribution in [0.25, 0.3) is 0 Å². The first-order valence-corrected chi connectivity index (χ1v) is 36.2. The van der Waals surface area contributed by atoms with Gasteiger partial charge in [-0.05, 0) is 19.4 Å². The summed E-state index contributed by atoms with van der Waals surface area (Å²) >= 11 is 0. The Morgan fingerprint density at radius 3 is 0.822 bits per heavy atom. The molecule has 0 aromatic carbocycles. The van der Waals surface area contributed by atoms with Gasteiger partial charge < -0.3 is 130 Å². The zero-order valence-corrected chi connectivity index (χ0v) is 61.5. The fourth-order valence-electron chi connectivity index (χ4n) is 11.1. The monoisotopic (exact) mass is 1460 g/mol. The van der Waals surface area contributed by atoms with E-state index in [1.54, 1.807) is 4.90 Å². The first-order chi connectivity index (χ1) is 48.7. The maximum atomic E-state index is 13.6. The van der Waals surface area contributed by atoms with Crippen molar-refractivity contribution in [3.05, 3.63) is 0 Å². The fourth-order valence-corrected chi connectivity index (χ4v) is 11.1. The van der Waals surface area contributed by atoms with Crippen LogP contribution in [0.15, 0.2) is 0 Å². The van der Waals surface area contributed by atoms with E-state index >= 15 is 0 Å². The average molecular weight is 1460 g/mol. The largest absolute Gasteiger partial charge is 0.389 e. The van der Waals surface area contributed by atoms with Gasteiger partial charge in [-0.2, -0.15) is 0 Å². The number of rotatable bonds is 73. The lowest BCUT2D eigenvalue weighted by Crippen LogP contribution is -2.49. The van der Waals surface area contributed by atoms with Crippen molar-refractivity contribution in [2.24, 2.45) is 74.2 Å². The first kappa shape index (κ1) is 96.9. The third kappa shape index (κ3) is 52.5. The Hall–Kier alpha value is -4.06. The van der Waals surface area contributed by atoms with E-state index in [9.17, 15) is 44.1 Å². The number of ketones is 1. The summed E-state index contributed by atoms with van der Waals surface area (Å²) in [4.78, 5) is 97.6. The highest BCUT2D eigenvalue weighted by molar-refractivity contribution is 5.83. The van der Waals surface area contributed by atoms with Gasteiger partial charge >= 0.3 is 0 Å². The van der Waals surface area contributed by atoms with Gasteiger partial charge in [0, 0.05) is 241 Å². The standard InChI is InChI=1S/C63H142N26O12/c1-2-63(52-101-49-57(93)41-89(46-62(98)80-53-86(32-15-74)33-16-75)45-61(97)79-20-37-85(30-13-72)31-14-73,50-99-47-55(91)39-87(38-54(90)4-3-21-81(22-5-64)23-6-65)42-58(94)76-17-34-82(24-7-66)25-8-67)51-100-48-56(92)40-88(43-59(95)77-18-35-83(26-9-68)27-10-69)44-60(96)78-19-36-84(28-11-70)29-12-71/h55-57,91-93H,2-53,64-75H2,1H3,(H,76,94)(H,77,95)(H,78,96)(H,79,97)(H,80,98). The van der Waals surface area contributed by atoms with Crippen LogP contribution >= 0.6 is 0 Å². The Balaban J connectivity index is 6.99. The van der Waals surface area contributed by atoms with E-state index in [2.05, 4.69) is 31.5 Å². The molecule has 0 bridgehead atoms. The van der Waals surface area contributed by atoms with Gasteiger partial charge in [0.2, 0.25) is 29.5 Å². The minimum Gasteiger partial charge on any atom is -0.389 e. The Morgan fingerprint density at radius 1 is 0.327 bits per heavy atom. The smallest absolute Gasteiger partial charge is 0.235 e. The second-order valence-electron chi connectivity index (χ2n) is 25.5. The third-order valence-corrected chi connectivity index (χ3v) is 16.3. The average Bonchev–Trinajstić information content (AvgIpc) is 0.879. The molecule has 0 rings (SSSR count). The Bertz CT molecular complexity index is 1870. The number of aliphatic hydroxyl groups is 3. The van der Waals surface area contributed by atoms with Crippen molar-refractivity contribution >= 4 is 35.3 Å². The predicted molar refractivity (Wildman–Crippen MR) is 394 cm³/mol. The quantitative estimate of drug-likeness (QED) is 0.0251. The Kier molecular flexibility index (Phi) is 61.7. The van der Waals surface area contributed by atoms with E-state index in [-0.39, 0.29) is 155 Å². The zero-order valence-electron chi connectivity index (χ0n) is 61.5. The van der Waals surface area contributed by atoms with Crippen molar-refractivity contribution in [1.82, 2.24) is 70.7 Å². The van der Waals surface area contributed by atoms with Crippen LogP contribution in [0.5, 0.6) is 0 Å². The van der Waals surface area contributed by atoms with Crippen molar-refractivity contribution in [1.29, 1.82) is 0 Å². The third-order valence-electron chi connectivity index (χ3n) is 16.3. The van der Waals surface area contributed by atoms with Crippen LogP contribution in [0, 0.1) is 5.41 Å². The summed E-state index contributed by atoms with van der Waals surface area (Å²) in [5.74, 6) is -2.07. The van der Waals surface area contributed by atoms with Gasteiger partial charge in [-0.15, -0.1) is 0 Å². The summed E-state index contributed by atoms with van der Waals surface area (Å²) in [7, 11) is 0. The van der Waals surface area contributed by atoms with Crippen LogP contribution < -0.4 is 95.4 Å². The molecule has 4 atom stereocenters. The molecule has 0 heterocycles. The molecule has 0 aliphatic rings. The number of carbonyl (C=O) groups excluding carboxylic acids is 6. The van der Waals surface area contributed by atoms with Crippen molar-refractivity contribution in [3.63, 3.8) is 0 Å². The molecule has 32 N–H and O–H groups in total. The summed E-state index contributed by atoms with van der Waals surface area (Å²) in [5.41, 5.74) is 68.5. The SMILES string of the molecule is CCC(COCC(O)CN(CC(=O)CCCN(CCN)CCN)CC(=O)NCCN(CCN)CCN)(COCC(O)CN(CC(=O)NCCN(CCN)CCN)CC(=O)NCCN(CCN)CCN)COCC(O)CN(CC(=O)NCCN(CCN)CCN)CC(=O)NCN(CCN)CCN. The zero-order chi connectivity index (χ0) is 75.3. The molecule has 38 nitrogen and oxygen atoms in total. The summed E-state index contributed by atoms with van der Waals surface area (Å²) in [6.07, 6.45) is -2.61. The van der Waals surface area contributed by atoms with Gasteiger partial charge in [0.25, 0.3) is 0 Å². The normalized spacial score (nSPS) is 13.6. The number of Topliss-reactive ketones (excluding diaryl/α,β-unsaturated/α-hetero) is 1. The topological polar surface area (TPSA) is 592 Å². The second-order valence-corrected chi connectivity index (χ2v) is 25.5. The molecule has 0 spiro atoms. The Morgan fingerprint density at radius 2 is 0.564 bits per heavy atom. The number of ether oxygens (including phenoxy) is 3. The number of nitrogens with one attached hydrogen (secondary N) is 5. The maximum absolute atomic E-state index is 13.6. The predicted octanol–water partition coefficient (Wildman–Crippen LogP) is -13.4. The maximum Gasteiger partial charge on any atom is 0.235 e. The van der Waals surface area contributed by atoms with Crippen LogP contribution in [0.4, 0.5) is 0 Å². The molecule has 0 saturated carbocycles. The van der Waals surface area contributed by atoms with Crippen molar-refractivity contribution in [3.8, 4) is 0 Å². The van der Waals surface area contributed by atoms with Gasteiger partial charge in [-0.1, -0.05) is 6.92 Å². The number of amides is 5. The van der Waals surface area contributed by atoms with Gasteiger partial charge in [0.05, 0.1) is 104 Å². The number of nitrogens with zero attached hydrogens (tertiary/aromatic N) is 9. The molecule has 0 radical (unpaired) electrons. The second kappa shape index (κ2) is 64.3. The van der Waals surface area contributed by atoms with E-state index in [1.165, 1.54) is 9.80 Å². The van der Waals surface area contributed by atoms with Gasteiger partial charge in [-0.3, -0.25) is 68.0 Å². The molecule has 4 unspecified atom stereocenters. The summed E-state index contributed by atoms with van der Waals surface area (Å²) in [5, 5.41) is 49.4. The van der Waals surface area contributed by atoms with Crippen molar-refractivity contribution in [2.75, 3.05) is 321 Å². The van der Waals surface area contributed by atoms with Crippen LogP contribution in [0.2, 0.25) is 0 Å². The van der Waals surface area contributed by atoms with E-state index in [0.717, 1.165) is 0 Å². The number of aliphatic hydroxyl groups excluding tert-OH is 3. The highest BCUT2D eigenvalue weighted by atomic mass is 16.5. The Labute approximate surface area is 602 Å².